The van der Waals surface area contributed by atoms with Crippen LogP contribution in [0.2, 0.25) is 0 Å². The fourth-order valence-corrected chi connectivity index (χ4v) is 4.01. The minimum absolute atomic E-state index is 0.0200. The third-order valence-electron chi connectivity index (χ3n) is 6.05. The number of allylic oxidation sites excluding steroid dienone is 4. The summed E-state index contributed by atoms with van der Waals surface area (Å²) >= 11 is 0. The Kier molecular flexibility index (Phi) is 10.00. The van der Waals surface area contributed by atoms with Crippen LogP contribution in [0, 0.1) is 6.92 Å². The highest BCUT2D eigenvalue weighted by molar-refractivity contribution is 5.66. The molecule has 11 heteroatoms. The number of methoxy groups -OCH3 is 1. The molecule has 4 unspecified atom stereocenters. The number of rotatable bonds is 12. The van der Waals surface area contributed by atoms with E-state index >= 15 is 0 Å². The average Bonchev–Trinajstić information content (AvgIpc) is 3.32. The molecule has 0 amide bonds. The number of aliphatic hydroxyl groups is 1. The highest BCUT2D eigenvalue weighted by Gasteiger charge is 2.30. The van der Waals surface area contributed by atoms with Gasteiger partial charge in [0.2, 0.25) is 0 Å². The molecule has 4 N–H and O–H groups in total. The summed E-state index contributed by atoms with van der Waals surface area (Å²) in [6.45, 7) is 5.21. The van der Waals surface area contributed by atoms with E-state index in [9.17, 15) is 23.1 Å². The van der Waals surface area contributed by atoms with E-state index in [0.29, 0.717) is 22.7 Å². The van der Waals surface area contributed by atoms with Gasteiger partial charge in [-0.1, -0.05) is 0 Å². The van der Waals surface area contributed by atoms with E-state index in [1.165, 1.54) is 0 Å². The van der Waals surface area contributed by atoms with Crippen molar-refractivity contribution in [2.24, 2.45) is 0 Å². The summed E-state index contributed by atoms with van der Waals surface area (Å²) in [7, 11) is 1.55. The predicted octanol–water partition coefficient (Wildman–Crippen LogP) is 5.06. The van der Waals surface area contributed by atoms with Crippen molar-refractivity contribution in [1.29, 1.82) is 0 Å². The third kappa shape index (κ3) is 8.00. The quantitative estimate of drug-likeness (QED) is 0.276. The molecule has 1 aliphatic rings. The van der Waals surface area contributed by atoms with Gasteiger partial charge in [-0.05, 0) is 74.9 Å². The first-order chi connectivity index (χ1) is 18.5. The van der Waals surface area contributed by atoms with E-state index < -0.39 is 36.3 Å². The van der Waals surface area contributed by atoms with E-state index in [1.54, 1.807) is 45.6 Å². The van der Waals surface area contributed by atoms with Gasteiger partial charge in [0.05, 0.1) is 37.0 Å². The number of aliphatic carboxylic acids is 1. The average molecular weight is 547 g/mol. The Hall–Kier alpha value is -3.99. The number of aliphatic hydroxyl groups excluding tert-OH is 1. The predicted molar refractivity (Wildman–Crippen MR) is 143 cm³/mol. The minimum Gasteiger partial charge on any atom is -0.494 e. The standard InChI is InChI=1S/C28H33F3N4O4/c1-16(13-32-23(6-8-27(37)38)19-10-21(29)28(31)22(30)11-19)9-24(18(3)36)34-20-5-7-25(26(12-20)39-4)35-14-17(2)33-15-35/h5,7,9-15,18,21,23,28,32,34,36H,6,8H2,1-4H3,(H,37,38)/b16-13-,24-9+. The number of hydrogen-bond acceptors (Lipinski definition) is 6. The highest BCUT2D eigenvalue weighted by Crippen LogP contribution is 2.29. The molecule has 0 bridgehead atoms. The molecule has 1 aliphatic carbocycles. The number of benzene rings is 1. The van der Waals surface area contributed by atoms with Crippen LogP contribution in [0.15, 0.2) is 77.8 Å². The molecule has 2 aromatic rings. The zero-order valence-electron chi connectivity index (χ0n) is 22.2. The van der Waals surface area contributed by atoms with Gasteiger partial charge in [-0.25, -0.2) is 18.2 Å². The van der Waals surface area contributed by atoms with E-state index in [1.807, 2.05) is 29.8 Å². The second-order valence-electron chi connectivity index (χ2n) is 9.29. The number of carboxylic acids is 1. The van der Waals surface area contributed by atoms with Crippen molar-refractivity contribution in [3.8, 4) is 11.4 Å². The first-order valence-corrected chi connectivity index (χ1v) is 12.4. The molecule has 0 aliphatic heterocycles. The zero-order valence-corrected chi connectivity index (χ0v) is 22.2. The van der Waals surface area contributed by atoms with E-state index in [4.69, 9.17) is 9.84 Å². The summed E-state index contributed by atoms with van der Waals surface area (Å²) in [5.41, 5.74) is 3.50. The summed E-state index contributed by atoms with van der Waals surface area (Å²) in [5, 5.41) is 25.6. The van der Waals surface area contributed by atoms with Gasteiger partial charge in [-0.15, -0.1) is 0 Å². The Labute approximate surface area is 225 Å². The number of anilines is 1. The molecule has 8 nitrogen and oxygen atoms in total. The largest absolute Gasteiger partial charge is 0.494 e. The Bertz CT molecular complexity index is 1300. The summed E-state index contributed by atoms with van der Waals surface area (Å²) in [5.74, 6) is -1.73. The fraction of sp³-hybridized carbons (Fsp3) is 0.357. The van der Waals surface area contributed by atoms with E-state index in [-0.39, 0.29) is 18.4 Å². The van der Waals surface area contributed by atoms with Crippen molar-refractivity contribution in [3.05, 3.63) is 83.5 Å². The minimum atomic E-state index is -2.37. The Morgan fingerprint density at radius 2 is 2.08 bits per heavy atom. The summed E-state index contributed by atoms with van der Waals surface area (Å²) < 4.78 is 48.7. The molecule has 210 valence electrons. The number of imidazole rings is 1. The van der Waals surface area contributed by atoms with Crippen LogP contribution in [0.1, 0.15) is 32.4 Å². The van der Waals surface area contributed by atoms with Crippen molar-refractivity contribution in [2.45, 2.75) is 58.1 Å². The maximum Gasteiger partial charge on any atom is 0.303 e. The monoisotopic (exact) mass is 546 g/mol. The number of carbonyl (C=O) groups is 1. The molecule has 0 saturated carbocycles. The molecule has 1 aromatic carbocycles. The second-order valence-corrected chi connectivity index (χ2v) is 9.29. The Morgan fingerprint density at radius 1 is 1.33 bits per heavy atom. The normalized spacial score (nSPS) is 19.6. The summed E-state index contributed by atoms with van der Waals surface area (Å²) in [6, 6.07) is 4.68. The number of halogens is 3. The van der Waals surface area contributed by atoms with Gasteiger partial charge >= 0.3 is 5.97 Å². The van der Waals surface area contributed by atoms with Crippen molar-refractivity contribution < 1.29 is 32.9 Å². The van der Waals surface area contributed by atoms with Gasteiger partial charge in [0.15, 0.2) is 12.3 Å². The van der Waals surface area contributed by atoms with Gasteiger partial charge in [0.1, 0.15) is 11.6 Å². The molecule has 0 spiro atoms. The first-order valence-electron chi connectivity index (χ1n) is 12.4. The smallest absolute Gasteiger partial charge is 0.303 e. The van der Waals surface area contributed by atoms with Crippen LogP contribution >= 0.6 is 0 Å². The van der Waals surface area contributed by atoms with Crippen molar-refractivity contribution >= 4 is 11.7 Å². The van der Waals surface area contributed by atoms with Crippen LogP contribution in [0.4, 0.5) is 18.9 Å². The van der Waals surface area contributed by atoms with Crippen LogP contribution in [0.25, 0.3) is 5.69 Å². The molecule has 3 rings (SSSR count). The number of hydrogen-bond donors (Lipinski definition) is 4. The highest BCUT2D eigenvalue weighted by atomic mass is 19.2. The topological polar surface area (TPSA) is 109 Å². The molecule has 1 heterocycles. The van der Waals surface area contributed by atoms with Crippen LogP contribution in [-0.2, 0) is 4.79 Å². The van der Waals surface area contributed by atoms with Crippen LogP contribution < -0.4 is 15.4 Å². The van der Waals surface area contributed by atoms with Crippen LogP contribution in [-0.4, -0.2) is 57.3 Å². The molecule has 1 aromatic heterocycles. The van der Waals surface area contributed by atoms with Gasteiger partial charge in [0.25, 0.3) is 0 Å². The molecule has 4 atom stereocenters. The first kappa shape index (κ1) is 29.6. The van der Waals surface area contributed by atoms with Crippen LogP contribution in [0.5, 0.6) is 5.75 Å². The Morgan fingerprint density at radius 3 is 2.67 bits per heavy atom. The van der Waals surface area contributed by atoms with Gasteiger partial charge in [-0.3, -0.25) is 4.79 Å². The maximum absolute atomic E-state index is 13.9. The number of aromatic nitrogens is 2. The molecule has 0 saturated heterocycles. The number of ether oxygens (including phenoxy) is 1. The van der Waals surface area contributed by atoms with Gasteiger partial charge < -0.3 is 30.2 Å². The third-order valence-corrected chi connectivity index (χ3v) is 6.05. The molecule has 0 radical (unpaired) electrons. The van der Waals surface area contributed by atoms with Crippen molar-refractivity contribution in [3.63, 3.8) is 0 Å². The number of aryl methyl sites for hydroxylation is 1. The van der Waals surface area contributed by atoms with Crippen molar-refractivity contribution in [2.75, 3.05) is 12.4 Å². The van der Waals surface area contributed by atoms with E-state index in [2.05, 4.69) is 15.6 Å². The SMILES string of the molecule is COc1cc(N/C(=C/C(C)=C\NC(CCC(=O)O)C2=CC(F)C(F)C(F)=C2)C(C)O)ccc1-n1cnc(C)c1. The number of nitrogens with one attached hydrogen (secondary N) is 2. The molecular formula is C28H33F3N4O4. The Balaban J connectivity index is 1.81. The maximum atomic E-state index is 13.9. The lowest BCUT2D eigenvalue weighted by atomic mass is 9.94. The van der Waals surface area contributed by atoms with E-state index in [0.717, 1.165) is 23.5 Å². The fourth-order valence-electron chi connectivity index (χ4n) is 4.01. The lowest BCUT2D eigenvalue weighted by molar-refractivity contribution is -0.137. The van der Waals surface area contributed by atoms with Gasteiger partial charge in [-0.2, -0.15) is 0 Å². The molecule has 0 fully saturated rings. The second kappa shape index (κ2) is 13.2. The lowest BCUT2D eigenvalue weighted by Gasteiger charge is -2.23. The van der Waals surface area contributed by atoms with Crippen LogP contribution in [0.3, 0.4) is 0 Å². The lowest BCUT2D eigenvalue weighted by Crippen LogP contribution is -2.31. The molecule has 39 heavy (non-hydrogen) atoms. The van der Waals surface area contributed by atoms with Gasteiger partial charge in [0, 0.05) is 30.1 Å². The zero-order chi connectivity index (χ0) is 28.7. The molecular weight excluding hydrogens is 513 g/mol. The number of carboxylic acid groups (broad SMARTS) is 1. The number of nitrogens with zero attached hydrogens (tertiary/aromatic N) is 2. The summed E-state index contributed by atoms with van der Waals surface area (Å²) in [6.07, 6.45) is 2.97. The summed E-state index contributed by atoms with van der Waals surface area (Å²) in [4.78, 5) is 15.3. The van der Waals surface area contributed by atoms with Crippen molar-refractivity contribution in [1.82, 2.24) is 14.9 Å². The number of alkyl halides is 2.